The third-order valence-electron chi connectivity index (χ3n) is 2.97. The minimum Gasteiger partial charge on any atom is -0.481 e. The zero-order valence-corrected chi connectivity index (χ0v) is 11.6. The number of rotatable bonds is 9. The molecular weight excluding hydrogens is 295 g/mol. The minimum absolute atomic E-state index is 0.157. The summed E-state index contributed by atoms with van der Waals surface area (Å²) in [5.74, 6) is -6.97. The van der Waals surface area contributed by atoms with Gasteiger partial charge >= 0.3 is 25.5 Å². The van der Waals surface area contributed by atoms with Gasteiger partial charge in [-0.15, -0.1) is 0 Å². The Morgan fingerprint density at radius 3 is 1.90 bits per heavy atom. The van der Waals surface area contributed by atoms with Gasteiger partial charge in [-0.3, -0.25) is 18.9 Å². The van der Waals surface area contributed by atoms with Crippen molar-refractivity contribution in [1.29, 1.82) is 0 Å². The maximum absolute atomic E-state index is 11.4. The lowest BCUT2D eigenvalue weighted by Gasteiger charge is -2.33. The Labute approximate surface area is 114 Å². The first-order chi connectivity index (χ1) is 8.96. The van der Waals surface area contributed by atoms with Crippen molar-refractivity contribution in [2.75, 3.05) is 6.16 Å². The van der Waals surface area contributed by atoms with Gasteiger partial charge < -0.3 is 25.1 Å². The molecule has 0 aliphatic carbocycles. The summed E-state index contributed by atoms with van der Waals surface area (Å²) in [7, 11) is -4.82. The van der Waals surface area contributed by atoms with Crippen molar-refractivity contribution in [2.24, 2.45) is 11.3 Å². The van der Waals surface area contributed by atoms with E-state index in [1.165, 1.54) is 6.92 Å². The lowest BCUT2D eigenvalue weighted by Crippen LogP contribution is -2.46. The third kappa shape index (κ3) is 4.92. The molecule has 0 heterocycles. The van der Waals surface area contributed by atoms with Gasteiger partial charge in [0.05, 0.1) is 23.9 Å². The van der Waals surface area contributed by atoms with Crippen molar-refractivity contribution >= 4 is 25.5 Å². The summed E-state index contributed by atoms with van der Waals surface area (Å²) in [4.78, 5) is 51.2. The fourth-order valence-electron chi connectivity index (χ4n) is 2.16. The number of carboxylic acid groups (broad SMARTS) is 3. The van der Waals surface area contributed by atoms with Crippen LogP contribution in [0.25, 0.3) is 0 Å². The molecule has 0 radical (unpaired) electrons. The number of hydrogen-bond acceptors (Lipinski definition) is 4. The highest BCUT2D eigenvalue weighted by molar-refractivity contribution is 7.51. The van der Waals surface area contributed by atoms with Crippen LogP contribution < -0.4 is 0 Å². The maximum Gasteiger partial charge on any atom is 0.326 e. The summed E-state index contributed by atoms with van der Waals surface area (Å²) in [6.45, 7) is 1.52. The SMILES string of the molecule is CCCC(CC(=O)O)(C(=O)O)C(CP(=O)(O)O)C(=O)O. The van der Waals surface area contributed by atoms with E-state index in [1.807, 2.05) is 0 Å². The smallest absolute Gasteiger partial charge is 0.326 e. The van der Waals surface area contributed by atoms with Gasteiger partial charge in [0.15, 0.2) is 0 Å². The predicted molar refractivity (Wildman–Crippen MR) is 65.3 cm³/mol. The Morgan fingerprint density at radius 2 is 1.65 bits per heavy atom. The second-order valence-corrected chi connectivity index (χ2v) is 6.21. The predicted octanol–water partition coefficient (Wildman–Crippen LogP) is 0.211. The monoisotopic (exact) mass is 312 g/mol. The molecule has 5 N–H and O–H groups in total. The molecule has 116 valence electrons. The molecule has 0 amide bonds. The van der Waals surface area contributed by atoms with E-state index in [-0.39, 0.29) is 12.8 Å². The fourth-order valence-corrected chi connectivity index (χ4v) is 3.14. The number of carboxylic acids is 3. The van der Waals surface area contributed by atoms with Crippen LogP contribution in [-0.4, -0.2) is 49.2 Å². The first-order valence-corrected chi connectivity index (χ1v) is 7.48. The molecule has 0 bridgehead atoms. The zero-order valence-electron chi connectivity index (χ0n) is 10.7. The second kappa shape index (κ2) is 6.83. The quantitative estimate of drug-likeness (QED) is 0.373. The molecule has 9 nitrogen and oxygen atoms in total. The molecule has 0 aliphatic rings. The molecule has 0 fully saturated rings. The van der Waals surface area contributed by atoms with Crippen LogP contribution in [0, 0.1) is 11.3 Å². The van der Waals surface area contributed by atoms with Crippen LogP contribution in [-0.2, 0) is 18.9 Å². The third-order valence-corrected chi connectivity index (χ3v) is 3.82. The Balaban J connectivity index is 5.85. The van der Waals surface area contributed by atoms with Crippen molar-refractivity contribution in [1.82, 2.24) is 0 Å². The number of hydrogen-bond donors (Lipinski definition) is 5. The van der Waals surface area contributed by atoms with Crippen molar-refractivity contribution in [3.05, 3.63) is 0 Å². The summed E-state index contributed by atoms with van der Waals surface area (Å²) >= 11 is 0. The summed E-state index contributed by atoms with van der Waals surface area (Å²) in [5, 5.41) is 27.1. The second-order valence-electron chi connectivity index (χ2n) is 4.52. The Bertz CT molecular complexity index is 440. The van der Waals surface area contributed by atoms with Gasteiger partial charge in [-0.1, -0.05) is 13.3 Å². The van der Waals surface area contributed by atoms with E-state index in [1.54, 1.807) is 0 Å². The normalized spacial score (nSPS) is 16.1. The van der Waals surface area contributed by atoms with Gasteiger partial charge in [0, 0.05) is 0 Å². The summed E-state index contributed by atoms with van der Waals surface area (Å²) < 4.78 is 11.0. The highest BCUT2D eigenvalue weighted by Gasteiger charge is 2.52. The van der Waals surface area contributed by atoms with Gasteiger partial charge in [-0.2, -0.15) is 0 Å². The number of carbonyl (C=O) groups is 3. The van der Waals surface area contributed by atoms with E-state index in [0.717, 1.165) is 0 Å². The first-order valence-electron chi connectivity index (χ1n) is 5.69. The molecule has 20 heavy (non-hydrogen) atoms. The van der Waals surface area contributed by atoms with Crippen LogP contribution in [0.2, 0.25) is 0 Å². The topological polar surface area (TPSA) is 169 Å². The average molecular weight is 312 g/mol. The van der Waals surface area contributed by atoms with Crippen LogP contribution >= 0.6 is 7.60 Å². The van der Waals surface area contributed by atoms with Gasteiger partial charge in [-0.05, 0) is 6.42 Å². The summed E-state index contributed by atoms with van der Waals surface area (Å²) in [6.07, 6.45) is -2.40. The van der Waals surface area contributed by atoms with Gasteiger partial charge in [0.2, 0.25) is 0 Å². The molecule has 0 saturated heterocycles. The maximum atomic E-state index is 11.4. The lowest BCUT2D eigenvalue weighted by molar-refractivity contribution is -0.167. The minimum atomic E-state index is -4.82. The first kappa shape index (κ1) is 18.6. The standard InChI is InChI=1S/C10H17O9P/c1-2-3-10(9(15)16,4-7(11)12)6(8(13)14)5-20(17,18)19/h6H,2-5H2,1H3,(H,11,12)(H,13,14)(H,15,16)(H2,17,18,19). The van der Waals surface area contributed by atoms with Crippen LogP contribution in [0.4, 0.5) is 0 Å². The van der Waals surface area contributed by atoms with Crippen molar-refractivity contribution in [2.45, 2.75) is 26.2 Å². The Kier molecular flexibility index (Phi) is 6.33. The van der Waals surface area contributed by atoms with Crippen molar-refractivity contribution < 1.29 is 44.1 Å². The van der Waals surface area contributed by atoms with E-state index < -0.39 is 49.4 Å². The Morgan fingerprint density at radius 1 is 1.15 bits per heavy atom. The zero-order chi connectivity index (χ0) is 16.1. The highest BCUT2D eigenvalue weighted by atomic mass is 31.2. The van der Waals surface area contributed by atoms with Crippen LogP contribution in [0.15, 0.2) is 0 Å². The van der Waals surface area contributed by atoms with Gasteiger partial charge in [0.25, 0.3) is 0 Å². The molecule has 0 aromatic heterocycles. The molecule has 0 aliphatic heterocycles. The van der Waals surface area contributed by atoms with E-state index >= 15 is 0 Å². The van der Waals surface area contributed by atoms with E-state index in [9.17, 15) is 24.1 Å². The van der Waals surface area contributed by atoms with Crippen molar-refractivity contribution in [3.63, 3.8) is 0 Å². The summed E-state index contributed by atoms with van der Waals surface area (Å²) in [6, 6.07) is 0. The van der Waals surface area contributed by atoms with Crippen LogP contribution in [0.3, 0.4) is 0 Å². The van der Waals surface area contributed by atoms with E-state index in [0.29, 0.717) is 0 Å². The van der Waals surface area contributed by atoms with Gasteiger partial charge in [0.1, 0.15) is 0 Å². The highest BCUT2D eigenvalue weighted by Crippen LogP contribution is 2.46. The molecule has 0 aromatic rings. The largest absolute Gasteiger partial charge is 0.481 e. The molecule has 0 rings (SSSR count). The van der Waals surface area contributed by atoms with Gasteiger partial charge in [-0.25, -0.2) is 0 Å². The summed E-state index contributed by atoms with van der Waals surface area (Å²) in [5.41, 5.74) is -2.26. The molecule has 10 heteroatoms. The van der Waals surface area contributed by atoms with Crippen molar-refractivity contribution in [3.8, 4) is 0 Å². The molecule has 0 saturated carbocycles. The van der Waals surface area contributed by atoms with Crippen LogP contribution in [0.1, 0.15) is 26.2 Å². The fraction of sp³-hybridized carbons (Fsp3) is 0.700. The molecule has 2 unspecified atom stereocenters. The van der Waals surface area contributed by atoms with E-state index in [2.05, 4.69) is 0 Å². The van der Waals surface area contributed by atoms with Crippen LogP contribution in [0.5, 0.6) is 0 Å². The lowest BCUT2D eigenvalue weighted by atomic mass is 9.70. The molecule has 2 atom stereocenters. The molecule has 0 aromatic carbocycles. The average Bonchev–Trinajstić information content (AvgIpc) is 2.22. The molecular formula is C10H17O9P. The molecule has 0 spiro atoms. The Hall–Kier alpha value is -1.44. The van der Waals surface area contributed by atoms with E-state index in [4.69, 9.17) is 20.0 Å². The number of aliphatic carboxylic acids is 3.